The van der Waals surface area contributed by atoms with E-state index >= 15 is 0 Å². The highest BCUT2D eigenvalue weighted by atomic mass is 19.1. The van der Waals surface area contributed by atoms with Crippen molar-refractivity contribution in [2.24, 2.45) is 0 Å². The minimum Gasteiger partial charge on any atom is -0.494 e. The van der Waals surface area contributed by atoms with Gasteiger partial charge in [0, 0.05) is 16.7 Å². The van der Waals surface area contributed by atoms with Crippen LogP contribution in [0.1, 0.15) is 48.8 Å². The molecule has 0 amide bonds. The number of ether oxygens (including phenoxy) is 1. The van der Waals surface area contributed by atoms with Crippen molar-refractivity contribution >= 4 is 0 Å². The molecule has 5 rings (SSSR count). The van der Waals surface area contributed by atoms with Crippen LogP contribution in [0.25, 0.3) is 33.4 Å². The quantitative estimate of drug-likeness (QED) is 0.100. The second-order valence-corrected chi connectivity index (χ2v) is 11.4. The minimum atomic E-state index is -0.709. The number of rotatable bonds is 12. The van der Waals surface area contributed by atoms with Crippen molar-refractivity contribution < 1.29 is 26.7 Å². The van der Waals surface area contributed by atoms with Gasteiger partial charge in [-0.3, -0.25) is 0 Å². The number of aryl methyl sites for hydroxylation is 2. The molecule has 0 aliphatic rings. The van der Waals surface area contributed by atoms with E-state index in [4.69, 9.17) is 4.74 Å². The Kier molecular flexibility index (Phi) is 10.3. The summed E-state index contributed by atoms with van der Waals surface area (Å²) in [6.07, 6.45) is 5.76. The first-order chi connectivity index (χ1) is 21.7. The van der Waals surface area contributed by atoms with Crippen LogP contribution in [0.15, 0.2) is 91.0 Å². The Morgan fingerprint density at radius 3 is 1.71 bits per heavy atom. The highest BCUT2D eigenvalue weighted by molar-refractivity contribution is 5.71. The smallest absolute Gasteiger partial charge is 0.131 e. The maximum atomic E-state index is 14.9. The molecule has 0 unspecified atom stereocenters. The minimum absolute atomic E-state index is 0.0920. The van der Waals surface area contributed by atoms with Crippen LogP contribution in [0.2, 0.25) is 0 Å². The molecule has 1 nitrogen and oxygen atoms in total. The van der Waals surface area contributed by atoms with E-state index in [1.54, 1.807) is 37.3 Å². The Bertz CT molecular complexity index is 1750. The van der Waals surface area contributed by atoms with Crippen LogP contribution >= 0.6 is 0 Å². The van der Waals surface area contributed by atoms with Gasteiger partial charge in [-0.2, -0.15) is 0 Å². The van der Waals surface area contributed by atoms with Crippen LogP contribution in [0.3, 0.4) is 0 Å². The molecular weight excluding hydrogens is 579 g/mol. The summed E-state index contributed by atoms with van der Waals surface area (Å²) in [7, 11) is 0. The van der Waals surface area contributed by atoms with Crippen LogP contribution in [0.5, 0.6) is 5.75 Å². The molecule has 0 aliphatic carbocycles. The van der Waals surface area contributed by atoms with Gasteiger partial charge in [0.2, 0.25) is 0 Å². The molecule has 0 N–H and O–H groups in total. The second kappa shape index (κ2) is 14.6. The fourth-order valence-corrected chi connectivity index (χ4v) is 5.33. The molecule has 0 heterocycles. The summed E-state index contributed by atoms with van der Waals surface area (Å²) in [5.74, 6) is -1.93. The Hall–Kier alpha value is -4.45. The van der Waals surface area contributed by atoms with Crippen LogP contribution in [0.4, 0.5) is 22.0 Å². The zero-order valence-electron chi connectivity index (χ0n) is 25.4. The van der Waals surface area contributed by atoms with Gasteiger partial charge >= 0.3 is 0 Å². The first-order valence-corrected chi connectivity index (χ1v) is 15.2. The van der Waals surface area contributed by atoms with E-state index in [0.717, 1.165) is 67.5 Å². The molecule has 6 heteroatoms. The molecule has 232 valence electrons. The van der Waals surface area contributed by atoms with Crippen molar-refractivity contribution in [2.45, 2.75) is 52.4 Å². The van der Waals surface area contributed by atoms with Gasteiger partial charge in [-0.25, -0.2) is 22.0 Å². The molecule has 0 aliphatic heterocycles. The number of halogens is 5. The van der Waals surface area contributed by atoms with Gasteiger partial charge in [0.05, 0.1) is 6.61 Å². The summed E-state index contributed by atoms with van der Waals surface area (Å²) < 4.78 is 77.2. The molecule has 0 fully saturated rings. The Morgan fingerprint density at radius 2 is 1.02 bits per heavy atom. The third kappa shape index (κ3) is 7.99. The van der Waals surface area contributed by atoms with Gasteiger partial charge in [0.15, 0.2) is 0 Å². The highest BCUT2D eigenvalue weighted by Gasteiger charge is 2.13. The first kappa shape index (κ1) is 32.0. The van der Waals surface area contributed by atoms with E-state index in [1.165, 1.54) is 25.1 Å². The monoisotopic (exact) mass is 614 g/mol. The summed E-state index contributed by atoms with van der Waals surface area (Å²) >= 11 is 0. The Labute approximate surface area is 261 Å². The van der Waals surface area contributed by atoms with Gasteiger partial charge in [-0.1, -0.05) is 67.8 Å². The fraction of sp³-hybridized carbons (Fsp3) is 0.231. The standard InChI is InChI=1S/C39H35F5O/c1-25-9-11-30(22-35(25)40)33-17-10-27(20-38(33)43)8-6-4-3-5-7-19-45-32-15-12-28(13-16-32)29-14-18-34(39(44)21-29)31-23-36(41)26(2)37(42)24-31/h9-18,20-24H,3-8,19H2,1-2H3. The number of hydrogen-bond donors (Lipinski definition) is 0. The Balaban J connectivity index is 1.02. The molecule has 5 aromatic rings. The number of hydrogen-bond acceptors (Lipinski definition) is 1. The topological polar surface area (TPSA) is 9.23 Å². The van der Waals surface area contributed by atoms with Crippen LogP contribution in [-0.4, -0.2) is 6.61 Å². The van der Waals surface area contributed by atoms with Gasteiger partial charge < -0.3 is 4.74 Å². The van der Waals surface area contributed by atoms with Crippen LogP contribution in [-0.2, 0) is 6.42 Å². The summed E-state index contributed by atoms with van der Waals surface area (Å²) in [6, 6.07) is 24.2. The van der Waals surface area contributed by atoms with Crippen molar-refractivity contribution in [1.82, 2.24) is 0 Å². The molecule has 0 bridgehead atoms. The summed E-state index contributed by atoms with van der Waals surface area (Å²) in [5, 5.41) is 0. The summed E-state index contributed by atoms with van der Waals surface area (Å²) in [6.45, 7) is 3.61. The molecule has 0 saturated heterocycles. The maximum Gasteiger partial charge on any atom is 0.131 e. The highest BCUT2D eigenvalue weighted by Crippen LogP contribution is 2.31. The summed E-state index contributed by atoms with van der Waals surface area (Å²) in [4.78, 5) is 0. The van der Waals surface area contributed by atoms with Gasteiger partial charge in [-0.05, 0) is 109 Å². The van der Waals surface area contributed by atoms with Crippen LogP contribution in [0, 0.1) is 42.9 Å². The summed E-state index contributed by atoms with van der Waals surface area (Å²) in [5.41, 5.74) is 4.07. The van der Waals surface area contributed by atoms with E-state index in [1.807, 2.05) is 30.3 Å². The largest absolute Gasteiger partial charge is 0.494 e. The molecule has 45 heavy (non-hydrogen) atoms. The molecular formula is C39H35F5O. The third-order valence-electron chi connectivity index (χ3n) is 8.14. The molecule has 0 aromatic heterocycles. The number of benzene rings is 5. The van der Waals surface area contributed by atoms with Crippen molar-refractivity contribution in [3.63, 3.8) is 0 Å². The van der Waals surface area contributed by atoms with Crippen molar-refractivity contribution in [2.75, 3.05) is 6.61 Å². The SMILES string of the molecule is Cc1ccc(-c2ccc(CCCCCCCOc3ccc(-c4ccc(-c5cc(F)c(C)c(F)c5)c(F)c4)cc3)cc2F)cc1F. The third-order valence-corrected chi connectivity index (χ3v) is 8.14. The van der Waals surface area contributed by atoms with E-state index in [9.17, 15) is 22.0 Å². The zero-order chi connectivity index (χ0) is 31.9. The van der Waals surface area contributed by atoms with Gasteiger partial charge in [0.1, 0.15) is 34.8 Å². The maximum absolute atomic E-state index is 14.9. The lowest BCUT2D eigenvalue weighted by Gasteiger charge is -2.10. The van der Waals surface area contributed by atoms with Gasteiger partial charge in [0.25, 0.3) is 0 Å². The predicted octanol–water partition coefficient (Wildman–Crippen LogP) is 11.6. The Morgan fingerprint density at radius 1 is 0.467 bits per heavy atom. The molecule has 0 radical (unpaired) electrons. The van der Waals surface area contributed by atoms with Crippen LogP contribution < -0.4 is 4.74 Å². The molecule has 0 spiro atoms. The number of unbranched alkanes of at least 4 members (excludes halogenated alkanes) is 4. The normalized spacial score (nSPS) is 11.2. The van der Waals surface area contributed by atoms with Crippen molar-refractivity contribution in [1.29, 1.82) is 0 Å². The fourth-order valence-electron chi connectivity index (χ4n) is 5.33. The van der Waals surface area contributed by atoms with E-state index in [0.29, 0.717) is 28.9 Å². The van der Waals surface area contributed by atoms with E-state index in [2.05, 4.69) is 0 Å². The lowest BCUT2D eigenvalue weighted by Crippen LogP contribution is -1.97. The van der Waals surface area contributed by atoms with Gasteiger partial charge in [-0.15, -0.1) is 0 Å². The molecule has 0 saturated carbocycles. The lowest BCUT2D eigenvalue weighted by molar-refractivity contribution is 0.304. The second-order valence-electron chi connectivity index (χ2n) is 11.4. The molecule has 0 atom stereocenters. The van der Waals surface area contributed by atoms with Crippen molar-refractivity contribution in [3.8, 4) is 39.1 Å². The molecule has 5 aromatic carbocycles. The first-order valence-electron chi connectivity index (χ1n) is 15.2. The van der Waals surface area contributed by atoms with E-state index in [-0.39, 0.29) is 28.3 Å². The lowest BCUT2D eigenvalue weighted by atomic mass is 9.98. The van der Waals surface area contributed by atoms with Crippen molar-refractivity contribution in [3.05, 3.63) is 137 Å². The predicted molar refractivity (Wildman–Crippen MR) is 171 cm³/mol. The van der Waals surface area contributed by atoms with E-state index < -0.39 is 17.5 Å². The zero-order valence-corrected chi connectivity index (χ0v) is 25.4. The average Bonchev–Trinajstić information content (AvgIpc) is 3.02. The average molecular weight is 615 g/mol.